The van der Waals surface area contributed by atoms with Gasteiger partial charge in [0.1, 0.15) is 16.6 Å². The van der Waals surface area contributed by atoms with Crippen LogP contribution in [0.1, 0.15) is 22.3 Å². The van der Waals surface area contributed by atoms with E-state index in [0.29, 0.717) is 38.5 Å². The normalized spacial score (nSPS) is 11.0. The van der Waals surface area contributed by atoms with Crippen LogP contribution in [0, 0.1) is 11.3 Å². The summed E-state index contributed by atoms with van der Waals surface area (Å²) in [5, 5.41) is 16.0. The number of halogens is 2. The molecule has 0 fully saturated rings. The van der Waals surface area contributed by atoms with Crippen LogP contribution in [0.4, 0.5) is 5.69 Å². The van der Waals surface area contributed by atoms with E-state index in [1.54, 1.807) is 55.6 Å². The molecule has 0 amide bonds. The third kappa shape index (κ3) is 5.15. The van der Waals surface area contributed by atoms with Crippen molar-refractivity contribution in [2.75, 3.05) is 11.9 Å². The van der Waals surface area contributed by atoms with Gasteiger partial charge in [-0.1, -0.05) is 23.2 Å². The molecule has 0 spiro atoms. The fourth-order valence-corrected chi connectivity index (χ4v) is 3.72. The lowest BCUT2D eigenvalue weighted by Gasteiger charge is -2.04. The first kappa shape index (κ1) is 20.9. The number of allylic oxidation sites excluding steroid dienone is 1. The zero-order valence-corrected chi connectivity index (χ0v) is 17.6. The molecule has 0 aliphatic carbocycles. The summed E-state index contributed by atoms with van der Waals surface area (Å²) in [5.41, 5.74) is 2.99. The molecule has 1 heterocycles. The quantitative estimate of drug-likeness (QED) is 0.358. The molecular weight excluding hydrogens is 429 g/mol. The number of rotatable bonds is 6. The molecule has 3 aromatic rings. The van der Waals surface area contributed by atoms with Gasteiger partial charge < -0.3 is 10.1 Å². The van der Waals surface area contributed by atoms with Crippen molar-refractivity contribution in [1.29, 1.82) is 5.26 Å². The standard InChI is InChI=1S/C21H15Cl2N3O2S/c1-2-28-21(27)13-3-6-16(7-4-13)25-11-14(10-24)20-26-19(12-29-20)17-8-5-15(22)9-18(17)23/h3-9,11-12,25H,2H2,1H3/b14-11-. The largest absolute Gasteiger partial charge is 0.462 e. The minimum atomic E-state index is -0.372. The number of nitrogens with one attached hydrogen (secondary N) is 1. The topological polar surface area (TPSA) is 75.0 Å². The van der Waals surface area contributed by atoms with Crippen LogP contribution >= 0.6 is 34.5 Å². The van der Waals surface area contributed by atoms with Crippen molar-refractivity contribution in [1.82, 2.24) is 4.98 Å². The van der Waals surface area contributed by atoms with E-state index in [4.69, 9.17) is 27.9 Å². The predicted molar refractivity (Wildman–Crippen MR) is 117 cm³/mol. The van der Waals surface area contributed by atoms with Crippen molar-refractivity contribution in [2.24, 2.45) is 0 Å². The minimum absolute atomic E-state index is 0.324. The van der Waals surface area contributed by atoms with Gasteiger partial charge >= 0.3 is 5.97 Å². The van der Waals surface area contributed by atoms with Gasteiger partial charge in [0.05, 0.1) is 22.9 Å². The van der Waals surface area contributed by atoms with Gasteiger partial charge in [0.2, 0.25) is 0 Å². The molecule has 146 valence electrons. The Balaban J connectivity index is 1.76. The minimum Gasteiger partial charge on any atom is -0.462 e. The number of esters is 1. The van der Waals surface area contributed by atoms with Crippen LogP contribution in [0.15, 0.2) is 54.0 Å². The number of hydrogen-bond donors (Lipinski definition) is 1. The lowest BCUT2D eigenvalue weighted by Crippen LogP contribution is -2.04. The van der Waals surface area contributed by atoms with Crippen LogP contribution < -0.4 is 5.32 Å². The molecule has 3 rings (SSSR count). The van der Waals surface area contributed by atoms with Gasteiger partial charge in [-0.05, 0) is 49.4 Å². The van der Waals surface area contributed by atoms with E-state index < -0.39 is 0 Å². The van der Waals surface area contributed by atoms with E-state index in [2.05, 4.69) is 16.4 Å². The van der Waals surface area contributed by atoms with Gasteiger partial charge in [-0.25, -0.2) is 9.78 Å². The molecule has 2 aromatic carbocycles. The van der Waals surface area contributed by atoms with Crippen LogP contribution in [0.5, 0.6) is 0 Å². The van der Waals surface area contributed by atoms with Crippen LogP contribution in [0.3, 0.4) is 0 Å². The lowest BCUT2D eigenvalue weighted by molar-refractivity contribution is 0.0526. The second-order valence-electron chi connectivity index (χ2n) is 5.77. The molecule has 0 saturated heterocycles. The number of nitriles is 1. The summed E-state index contributed by atoms with van der Waals surface area (Å²) in [6, 6.07) is 14.1. The Morgan fingerprint density at radius 2 is 2.03 bits per heavy atom. The van der Waals surface area contributed by atoms with E-state index >= 15 is 0 Å². The Bertz CT molecular complexity index is 1100. The molecule has 0 radical (unpaired) electrons. The number of nitrogens with zero attached hydrogens (tertiary/aromatic N) is 2. The molecule has 0 aliphatic rings. The molecule has 0 unspecified atom stereocenters. The van der Waals surface area contributed by atoms with E-state index in [9.17, 15) is 10.1 Å². The molecule has 8 heteroatoms. The maximum Gasteiger partial charge on any atom is 0.338 e. The van der Waals surface area contributed by atoms with Crippen LogP contribution in [-0.2, 0) is 4.74 Å². The average Bonchev–Trinajstić information content (AvgIpc) is 3.19. The molecule has 29 heavy (non-hydrogen) atoms. The number of carbonyl (C=O) groups is 1. The predicted octanol–water partition coefficient (Wildman–Crippen LogP) is 6.27. The fourth-order valence-electron chi connectivity index (χ4n) is 2.43. The summed E-state index contributed by atoms with van der Waals surface area (Å²) in [5.74, 6) is -0.372. The summed E-state index contributed by atoms with van der Waals surface area (Å²) >= 11 is 13.5. The highest BCUT2D eigenvalue weighted by atomic mass is 35.5. The number of ether oxygens (including phenoxy) is 1. The van der Waals surface area contributed by atoms with Crippen molar-refractivity contribution in [3.8, 4) is 17.3 Å². The van der Waals surface area contributed by atoms with E-state index in [1.165, 1.54) is 11.3 Å². The molecule has 0 bridgehead atoms. The van der Waals surface area contributed by atoms with Crippen molar-refractivity contribution in [3.05, 3.63) is 74.7 Å². The van der Waals surface area contributed by atoms with Gasteiger partial charge in [-0.3, -0.25) is 0 Å². The van der Waals surface area contributed by atoms with E-state index in [1.807, 2.05) is 5.38 Å². The van der Waals surface area contributed by atoms with Crippen molar-refractivity contribution >= 4 is 51.8 Å². The monoisotopic (exact) mass is 443 g/mol. The Kier molecular flexibility index (Phi) is 6.89. The van der Waals surface area contributed by atoms with Gasteiger partial charge in [-0.15, -0.1) is 11.3 Å². The van der Waals surface area contributed by atoms with Gasteiger partial charge in [0.15, 0.2) is 0 Å². The van der Waals surface area contributed by atoms with Crippen molar-refractivity contribution < 1.29 is 9.53 Å². The number of aromatic nitrogens is 1. The molecule has 0 aliphatic heterocycles. The number of carbonyl (C=O) groups excluding carboxylic acids is 1. The molecule has 1 aromatic heterocycles. The first-order valence-corrected chi connectivity index (χ1v) is 10.2. The Hall–Kier alpha value is -2.85. The van der Waals surface area contributed by atoms with Gasteiger partial charge in [-0.2, -0.15) is 5.26 Å². The highest BCUT2D eigenvalue weighted by Gasteiger charge is 2.12. The maximum atomic E-state index is 11.7. The van der Waals surface area contributed by atoms with E-state index in [-0.39, 0.29) is 5.97 Å². The molecule has 0 atom stereocenters. The zero-order chi connectivity index (χ0) is 20.8. The van der Waals surface area contributed by atoms with Crippen LogP contribution in [0.2, 0.25) is 10.0 Å². The summed E-state index contributed by atoms with van der Waals surface area (Å²) in [4.78, 5) is 16.2. The fraction of sp³-hybridized carbons (Fsp3) is 0.0952. The lowest BCUT2D eigenvalue weighted by atomic mass is 10.2. The highest BCUT2D eigenvalue weighted by molar-refractivity contribution is 7.11. The second kappa shape index (κ2) is 9.57. The second-order valence-corrected chi connectivity index (χ2v) is 7.48. The Morgan fingerprint density at radius 3 is 2.69 bits per heavy atom. The third-order valence-corrected chi connectivity index (χ3v) is 5.26. The highest BCUT2D eigenvalue weighted by Crippen LogP contribution is 2.32. The van der Waals surface area contributed by atoms with E-state index in [0.717, 1.165) is 11.3 Å². The van der Waals surface area contributed by atoms with Crippen molar-refractivity contribution in [2.45, 2.75) is 6.92 Å². The summed E-state index contributed by atoms with van der Waals surface area (Å²) in [6.45, 7) is 2.08. The Labute approximate surface area is 182 Å². The number of thiazole rings is 1. The smallest absolute Gasteiger partial charge is 0.338 e. The van der Waals surface area contributed by atoms with Gasteiger partial charge in [0.25, 0.3) is 0 Å². The SMILES string of the molecule is CCOC(=O)c1ccc(N/C=C(/C#N)c2nc(-c3ccc(Cl)cc3Cl)cs2)cc1. The molecular formula is C21H15Cl2N3O2S. The first-order chi connectivity index (χ1) is 14.0. The maximum absolute atomic E-state index is 11.7. The van der Waals surface area contributed by atoms with Crippen LogP contribution in [0.25, 0.3) is 16.8 Å². The number of benzene rings is 2. The zero-order valence-electron chi connectivity index (χ0n) is 15.3. The molecule has 1 N–H and O–H groups in total. The van der Waals surface area contributed by atoms with Crippen LogP contribution in [-0.4, -0.2) is 17.6 Å². The third-order valence-electron chi connectivity index (χ3n) is 3.84. The number of hydrogen-bond acceptors (Lipinski definition) is 6. The van der Waals surface area contributed by atoms with Gasteiger partial charge in [0, 0.05) is 27.9 Å². The number of anilines is 1. The molecule has 0 saturated carbocycles. The average molecular weight is 444 g/mol. The summed E-state index contributed by atoms with van der Waals surface area (Å²) in [7, 11) is 0. The Morgan fingerprint density at radius 1 is 1.28 bits per heavy atom. The molecule has 5 nitrogen and oxygen atoms in total. The summed E-state index contributed by atoms with van der Waals surface area (Å²) < 4.78 is 4.96. The first-order valence-electron chi connectivity index (χ1n) is 8.57. The van der Waals surface area contributed by atoms with Crippen molar-refractivity contribution in [3.63, 3.8) is 0 Å². The summed E-state index contributed by atoms with van der Waals surface area (Å²) in [6.07, 6.45) is 1.57.